The lowest BCUT2D eigenvalue weighted by atomic mass is 10.1. The van der Waals surface area contributed by atoms with E-state index in [4.69, 9.17) is 11.6 Å². The molecule has 0 unspecified atom stereocenters. The molecule has 0 saturated carbocycles. The van der Waals surface area contributed by atoms with Crippen LogP contribution >= 0.6 is 11.6 Å². The maximum absolute atomic E-state index is 12.5. The predicted octanol–water partition coefficient (Wildman–Crippen LogP) is 2.76. The summed E-state index contributed by atoms with van der Waals surface area (Å²) in [4.78, 5) is 26.0. The third-order valence-electron chi connectivity index (χ3n) is 4.34. The van der Waals surface area contributed by atoms with Crippen LogP contribution in [-0.2, 0) is 4.79 Å². The van der Waals surface area contributed by atoms with Crippen molar-refractivity contribution in [3.63, 3.8) is 0 Å². The van der Waals surface area contributed by atoms with Crippen LogP contribution in [0, 0.1) is 5.92 Å². The van der Waals surface area contributed by atoms with E-state index in [2.05, 4.69) is 31.4 Å². The number of rotatable bonds is 5. The highest BCUT2D eigenvalue weighted by Gasteiger charge is 2.30. The smallest absolute Gasteiger partial charge is 0.253 e. The highest BCUT2D eigenvalue weighted by molar-refractivity contribution is 6.34. The van der Waals surface area contributed by atoms with Gasteiger partial charge in [0.2, 0.25) is 5.91 Å². The zero-order valence-electron chi connectivity index (χ0n) is 14.0. The number of carbonyl (C=O) groups excluding carboxylic acids is 2. The van der Waals surface area contributed by atoms with Gasteiger partial charge in [0.25, 0.3) is 5.91 Å². The van der Waals surface area contributed by atoms with Gasteiger partial charge in [0.15, 0.2) is 0 Å². The van der Waals surface area contributed by atoms with Crippen molar-refractivity contribution in [2.75, 3.05) is 18.9 Å². The molecule has 23 heavy (non-hydrogen) atoms. The number of nitrogens with one attached hydrogen (secondary N) is 2. The second-order valence-electron chi connectivity index (χ2n) is 6.45. The monoisotopic (exact) mass is 337 g/mol. The van der Waals surface area contributed by atoms with Crippen LogP contribution in [-0.4, -0.2) is 42.4 Å². The van der Waals surface area contributed by atoms with Crippen LogP contribution in [0.2, 0.25) is 5.02 Å². The van der Waals surface area contributed by atoms with Crippen LogP contribution in [0.25, 0.3) is 0 Å². The van der Waals surface area contributed by atoms with E-state index in [1.807, 2.05) is 6.07 Å². The fourth-order valence-electron chi connectivity index (χ4n) is 2.41. The van der Waals surface area contributed by atoms with E-state index in [-0.39, 0.29) is 17.9 Å². The quantitative estimate of drug-likeness (QED) is 0.868. The molecule has 1 fully saturated rings. The Balaban J connectivity index is 2.12. The highest BCUT2D eigenvalue weighted by atomic mass is 35.5. The van der Waals surface area contributed by atoms with Gasteiger partial charge in [-0.25, -0.2) is 0 Å². The Morgan fingerprint density at radius 1 is 1.35 bits per heavy atom. The van der Waals surface area contributed by atoms with Gasteiger partial charge in [-0.2, -0.15) is 0 Å². The summed E-state index contributed by atoms with van der Waals surface area (Å²) in [5.41, 5.74) is 1.23. The Kier molecular flexibility index (Phi) is 5.52. The van der Waals surface area contributed by atoms with Gasteiger partial charge in [-0.05, 0) is 37.5 Å². The maximum atomic E-state index is 12.5. The lowest BCUT2D eigenvalue weighted by Gasteiger charge is -2.20. The summed E-state index contributed by atoms with van der Waals surface area (Å²) in [5.74, 6) is 0.0938. The molecule has 1 heterocycles. The molecule has 1 saturated heterocycles. The normalized spacial score (nSPS) is 19.1. The standard InChI is InChI=1S/C17H24ClN3O2/c1-10(2)11(3)19-12-5-6-14(18)13(9-12)16(22)20-15-7-8-21(4)17(15)23/h5-6,9-11,15,19H,7-8H2,1-4H3,(H,20,22)/t11-,15+/m0/s1. The van der Waals surface area contributed by atoms with Crippen LogP contribution in [0.3, 0.4) is 0 Å². The van der Waals surface area contributed by atoms with E-state index in [1.54, 1.807) is 24.1 Å². The number of hydrogen-bond acceptors (Lipinski definition) is 3. The first kappa shape index (κ1) is 17.6. The molecule has 0 spiro atoms. The molecule has 0 aromatic heterocycles. The molecule has 6 heteroatoms. The Morgan fingerprint density at radius 3 is 2.61 bits per heavy atom. The average molecular weight is 338 g/mol. The van der Waals surface area contributed by atoms with Gasteiger partial charge >= 0.3 is 0 Å². The largest absolute Gasteiger partial charge is 0.382 e. The fraction of sp³-hybridized carbons (Fsp3) is 0.529. The van der Waals surface area contributed by atoms with E-state index >= 15 is 0 Å². The van der Waals surface area contributed by atoms with Gasteiger partial charge in [0.1, 0.15) is 6.04 Å². The SMILES string of the molecule is CC(C)[C@H](C)Nc1ccc(Cl)c(C(=O)N[C@@H]2CCN(C)C2=O)c1. The van der Waals surface area contributed by atoms with E-state index < -0.39 is 6.04 Å². The third kappa shape index (κ3) is 4.16. The Morgan fingerprint density at radius 2 is 2.04 bits per heavy atom. The average Bonchev–Trinajstić information content (AvgIpc) is 2.81. The van der Waals surface area contributed by atoms with Crippen molar-refractivity contribution in [1.29, 1.82) is 0 Å². The number of amides is 2. The fourth-order valence-corrected chi connectivity index (χ4v) is 2.61. The summed E-state index contributed by atoms with van der Waals surface area (Å²) in [6.45, 7) is 7.00. The minimum absolute atomic E-state index is 0.0582. The molecule has 0 bridgehead atoms. The van der Waals surface area contributed by atoms with Gasteiger partial charge in [-0.15, -0.1) is 0 Å². The second-order valence-corrected chi connectivity index (χ2v) is 6.85. The van der Waals surface area contributed by atoms with Crippen molar-refractivity contribution in [2.45, 2.75) is 39.3 Å². The van der Waals surface area contributed by atoms with Crippen LogP contribution in [0.5, 0.6) is 0 Å². The minimum Gasteiger partial charge on any atom is -0.382 e. The zero-order valence-corrected chi connectivity index (χ0v) is 14.8. The molecule has 2 atom stereocenters. The van der Waals surface area contributed by atoms with Gasteiger partial charge < -0.3 is 15.5 Å². The molecule has 0 aliphatic carbocycles. The van der Waals surface area contributed by atoms with E-state index in [9.17, 15) is 9.59 Å². The van der Waals surface area contributed by atoms with Crippen molar-refractivity contribution >= 4 is 29.1 Å². The highest BCUT2D eigenvalue weighted by Crippen LogP contribution is 2.22. The first-order chi connectivity index (χ1) is 10.8. The lowest BCUT2D eigenvalue weighted by Crippen LogP contribution is -2.40. The molecule has 0 radical (unpaired) electrons. The van der Waals surface area contributed by atoms with E-state index in [0.29, 0.717) is 29.5 Å². The van der Waals surface area contributed by atoms with Crippen LogP contribution in [0.4, 0.5) is 5.69 Å². The lowest BCUT2D eigenvalue weighted by molar-refractivity contribution is -0.128. The molecule has 1 aromatic rings. The number of benzene rings is 1. The summed E-state index contributed by atoms with van der Waals surface area (Å²) in [6, 6.07) is 5.10. The molecule has 1 aromatic carbocycles. The molecule has 1 aliphatic rings. The Bertz CT molecular complexity index is 604. The summed E-state index contributed by atoms with van der Waals surface area (Å²) < 4.78 is 0. The number of carbonyl (C=O) groups is 2. The van der Waals surface area contributed by atoms with Gasteiger partial charge in [0, 0.05) is 25.3 Å². The Hall–Kier alpha value is -1.75. The predicted molar refractivity (Wildman–Crippen MR) is 92.9 cm³/mol. The molecule has 1 aliphatic heterocycles. The van der Waals surface area contributed by atoms with Crippen molar-refractivity contribution < 1.29 is 9.59 Å². The summed E-state index contributed by atoms with van der Waals surface area (Å²) in [7, 11) is 1.74. The van der Waals surface area contributed by atoms with E-state index in [0.717, 1.165) is 5.69 Å². The number of halogens is 1. The zero-order chi connectivity index (χ0) is 17.1. The summed E-state index contributed by atoms with van der Waals surface area (Å²) in [6.07, 6.45) is 0.626. The molecule has 5 nitrogen and oxygen atoms in total. The first-order valence-electron chi connectivity index (χ1n) is 7.91. The number of nitrogens with zero attached hydrogens (tertiary/aromatic N) is 1. The molecular weight excluding hydrogens is 314 g/mol. The molecule has 2 N–H and O–H groups in total. The number of anilines is 1. The third-order valence-corrected chi connectivity index (χ3v) is 4.67. The van der Waals surface area contributed by atoms with Crippen molar-refractivity contribution in [3.05, 3.63) is 28.8 Å². The Labute approximate surface area is 142 Å². The van der Waals surface area contributed by atoms with Gasteiger partial charge in [-0.3, -0.25) is 9.59 Å². The van der Waals surface area contributed by atoms with Crippen LogP contribution in [0.1, 0.15) is 37.6 Å². The maximum Gasteiger partial charge on any atom is 0.253 e. The van der Waals surface area contributed by atoms with Crippen molar-refractivity contribution in [3.8, 4) is 0 Å². The second kappa shape index (κ2) is 7.21. The molecule has 2 amide bonds. The van der Waals surface area contributed by atoms with Crippen molar-refractivity contribution in [2.24, 2.45) is 5.92 Å². The molecule has 2 rings (SSSR count). The van der Waals surface area contributed by atoms with Crippen LogP contribution in [0.15, 0.2) is 18.2 Å². The first-order valence-corrected chi connectivity index (χ1v) is 8.29. The molecule has 126 valence electrons. The number of hydrogen-bond donors (Lipinski definition) is 2. The summed E-state index contributed by atoms with van der Waals surface area (Å²) >= 11 is 6.16. The molecular formula is C17H24ClN3O2. The van der Waals surface area contributed by atoms with Crippen LogP contribution < -0.4 is 10.6 Å². The minimum atomic E-state index is -0.463. The van der Waals surface area contributed by atoms with Gasteiger partial charge in [-0.1, -0.05) is 25.4 Å². The van der Waals surface area contributed by atoms with E-state index in [1.165, 1.54) is 0 Å². The topological polar surface area (TPSA) is 61.4 Å². The number of likely N-dealkylation sites (tertiary alicyclic amines) is 1. The number of likely N-dealkylation sites (N-methyl/N-ethyl adjacent to an activating group) is 1. The van der Waals surface area contributed by atoms with Crippen molar-refractivity contribution in [1.82, 2.24) is 10.2 Å². The van der Waals surface area contributed by atoms with Gasteiger partial charge in [0.05, 0.1) is 10.6 Å². The summed E-state index contributed by atoms with van der Waals surface area (Å²) in [5, 5.41) is 6.52.